The van der Waals surface area contributed by atoms with Gasteiger partial charge in [-0.15, -0.1) is 16.4 Å². The van der Waals surface area contributed by atoms with E-state index in [0.717, 1.165) is 13.0 Å². The Hall–Kier alpha value is -1.78. The highest BCUT2D eigenvalue weighted by Gasteiger charge is 2.28. The summed E-state index contributed by atoms with van der Waals surface area (Å²) in [7, 11) is 0. The summed E-state index contributed by atoms with van der Waals surface area (Å²) in [4.78, 5) is 6.96. The molecule has 1 aliphatic heterocycles. The number of hydrogen-bond acceptors (Lipinski definition) is 4. The van der Waals surface area contributed by atoms with Crippen LogP contribution >= 0.6 is 11.3 Å². The molecule has 3 rings (SSSR count). The molecular formula is C16H18N2OS. The number of hydrogen-bond donors (Lipinski definition) is 1. The van der Waals surface area contributed by atoms with E-state index in [1.807, 2.05) is 17.2 Å². The average molecular weight is 286 g/mol. The van der Waals surface area contributed by atoms with E-state index in [1.165, 1.54) is 16.0 Å². The Morgan fingerprint density at radius 1 is 1.25 bits per heavy atom. The molecule has 20 heavy (non-hydrogen) atoms. The molecule has 3 nitrogen and oxygen atoms in total. The second kappa shape index (κ2) is 5.69. The molecule has 0 fully saturated rings. The summed E-state index contributed by atoms with van der Waals surface area (Å²) in [6, 6.07) is 12.7. The zero-order valence-electron chi connectivity index (χ0n) is 11.5. The van der Waals surface area contributed by atoms with Gasteiger partial charge in [-0.1, -0.05) is 30.3 Å². The predicted molar refractivity (Wildman–Crippen MR) is 82.0 cm³/mol. The van der Waals surface area contributed by atoms with Gasteiger partial charge in [-0.05, 0) is 35.9 Å². The fourth-order valence-corrected chi connectivity index (χ4v) is 3.42. The van der Waals surface area contributed by atoms with Crippen molar-refractivity contribution in [1.82, 2.24) is 5.06 Å². The van der Waals surface area contributed by atoms with Crippen molar-refractivity contribution in [2.24, 2.45) is 5.73 Å². The SMILES string of the molecule is Cc1ccsc1C1C=C(N)ON1CCc1ccccc1. The van der Waals surface area contributed by atoms with Gasteiger partial charge < -0.3 is 10.6 Å². The average Bonchev–Trinajstić information content (AvgIpc) is 3.03. The number of aryl methyl sites for hydroxylation is 1. The van der Waals surface area contributed by atoms with Crippen LogP contribution in [-0.2, 0) is 11.3 Å². The first-order valence-electron chi connectivity index (χ1n) is 6.74. The number of benzene rings is 1. The van der Waals surface area contributed by atoms with Crippen molar-refractivity contribution < 1.29 is 4.84 Å². The van der Waals surface area contributed by atoms with E-state index >= 15 is 0 Å². The first kappa shape index (κ1) is 13.2. The Kier molecular flexibility index (Phi) is 3.76. The lowest BCUT2D eigenvalue weighted by Crippen LogP contribution is -2.26. The second-order valence-corrected chi connectivity index (χ2v) is 5.90. The largest absolute Gasteiger partial charge is 0.388 e. The predicted octanol–water partition coefficient (Wildman–Crippen LogP) is 3.39. The van der Waals surface area contributed by atoms with Gasteiger partial charge in [0.15, 0.2) is 0 Å². The van der Waals surface area contributed by atoms with Crippen LogP contribution in [-0.4, -0.2) is 11.6 Å². The topological polar surface area (TPSA) is 38.5 Å². The number of hydroxylamine groups is 2. The van der Waals surface area contributed by atoms with Gasteiger partial charge >= 0.3 is 0 Å². The van der Waals surface area contributed by atoms with Crippen molar-refractivity contribution in [2.75, 3.05) is 6.54 Å². The molecule has 2 aromatic rings. The summed E-state index contributed by atoms with van der Waals surface area (Å²) in [6.07, 6.45) is 2.94. The van der Waals surface area contributed by atoms with Crippen LogP contribution in [0.1, 0.15) is 22.0 Å². The highest BCUT2D eigenvalue weighted by molar-refractivity contribution is 7.10. The molecule has 1 atom stereocenters. The fraction of sp³-hybridized carbons (Fsp3) is 0.250. The van der Waals surface area contributed by atoms with Crippen LogP contribution in [0.15, 0.2) is 53.7 Å². The third-order valence-corrected chi connectivity index (χ3v) is 4.58. The Bertz CT molecular complexity index is 606. The Morgan fingerprint density at radius 2 is 2.05 bits per heavy atom. The minimum absolute atomic E-state index is 0.138. The van der Waals surface area contributed by atoms with Gasteiger partial charge in [-0.25, -0.2) is 0 Å². The minimum atomic E-state index is 0.138. The van der Waals surface area contributed by atoms with Crippen molar-refractivity contribution >= 4 is 11.3 Å². The van der Waals surface area contributed by atoms with E-state index in [-0.39, 0.29) is 6.04 Å². The molecule has 0 bridgehead atoms. The van der Waals surface area contributed by atoms with Gasteiger partial charge in [0.25, 0.3) is 0 Å². The van der Waals surface area contributed by atoms with Crippen LogP contribution in [0.3, 0.4) is 0 Å². The summed E-state index contributed by atoms with van der Waals surface area (Å²) in [5.74, 6) is 0.496. The number of thiophene rings is 1. The lowest BCUT2D eigenvalue weighted by atomic mass is 10.1. The van der Waals surface area contributed by atoms with E-state index in [4.69, 9.17) is 10.6 Å². The third-order valence-electron chi connectivity index (χ3n) is 3.49. The lowest BCUT2D eigenvalue weighted by molar-refractivity contribution is -0.118. The fourth-order valence-electron chi connectivity index (χ4n) is 2.42. The van der Waals surface area contributed by atoms with Gasteiger partial charge in [-0.3, -0.25) is 0 Å². The molecule has 1 aromatic carbocycles. The molecule has 4 heteroatoms. The van der Waals surface area contributed by atoms with Crippen molar-refractivity contribution in [3.8, 4) is 0 Å². The maximum Gasteiger partial charge on any atom is 0.207 e. The Labute approximate surface area is 123 Å². The number of nitrogens with two attached hydrogens (primary N) is 1. The highest BCUT2D eigenvalue weighted by atomic mass is 32.1. The molecule has 1 aliphatic rings. The minimum Gasteiger partial charge on any atom is -0.388 e. The van der Waals surface area contributed by atoms with E-state index in [2.05, 4.69) is 42.6 Å². The molecule has 0 saturated carbocycles. The molecule has 1 aromatic heterocycles. The quantitative estimate of drug-likeness (QED) is 0.936. The molecule has 0 radical (unpaired) electrons. The van der Waals surface area contributed by atoms with E-state index in [1.54, 1.807) is 11.3 Å². The summed E-state index contributed by atoms with van der Waals surface area (Å²) in [5, 5.41) is 4.09. The molecule has 0 aliphatic carbocycles. The van der Waals surface area contributed by atoms with Crippen LogP contribution in [0, 0.1) is 6.92 Å². The molecule has 2 N–H and O–H groups in total. The van der Waals surface area contributed by atoms with Gasteiger partial charge in [0.2, 0.25) is 5.88 Å². The second-order valence-electron chi connectivity index (χ2n) is 4.95. The molecular weight excluding hydrogens is 268 g/mol. The van der Waals surface area contributed by atoms with Crippen molar-refractivity contribution in [3.63, 3.8) is 0 Å². The van der Waals surface area contributed by atoms with E-state index < -0.39 is 0 Å². The van der Waals surface area contributed by atoms with Crippen LogP contribution in [0.4, 0.5) is 0 Å². The molecule has 1 unspecified atom stereocenters. The summed E-state index contributed by atoms with van der Waals surface area (Å²) in [5.41, 5.74) is 8.44. The molecule has 0 amide bonds. The monoisotopic (exact) mass is 286 g/mol. The highest BCUT2D eigenvalue weighted by Crippen LogP contribution is 2.34. The third kappa shape index (κ3) is 2.71. The summed E-state index contributed by atoms with van der Waals surface area (Å²) in [6.45, 7) is 2.95. The first-order chi connectivity index (χ1) is 9.74. The van der Waals surface area contributed by atoms with Crippen LogP contribution in [0.25, 0.3) is 0 Å². The molecule has 0 saturated heterocycles. The van der Waals surface area contributed by atoms with Crippen LogP contribution in [0.5, 0.6) is 0 Å². The van der Waals surface area contributed by atoms with Crippen LogP contribution in [0.2, 0.25) is 0 Å². The maximum atomic E-state index is 5.84. The summed E-state index contributed by atoms with van der Waals surface area (Å²) >= 11 is 1.75. The zero-order chi connectivity index (χ0) is 13.9. The smallest absolute Gasteiger partial charge is 0.207 e. The number of rotatable bonds is 4. The molecule has 104 valence electrons. The van der Waals surface area contributed by atoms with Gasteiger partial charge in [0.05, 0.1) is 0 Å². The standard InChI is InChI=1S/C16H18N2OS/c1-12-8-10-20-16(12)14-11-15(17)19-18(14)9-7-13-5-3-2-4-6-13/h2-6,8,10-11,14H,7,9,17H2,1H3. The van der Waals surface area contributed by atoms with Crippen molar-refractivity contribution in [3.05, 3.63) is 69.7 Å². The van der Waals surface area contributed by atoms with Gasteiger partial charge in [-0.2, -0.15) is 0 Å². The van der Waals surface area contributed by atoms with Crippen LogP contribution < -0.4 is 5.73 Å². The number of nitrogens with zero attached hydrogens (tertiary/aromatic N) is 1. The first-order valence-corrected chi connectivity index (χ1v) is 7.62. The van der Waals surface area contributed by atoms with Crippen molar-refractivity contribution in [1.29, 1.82) is 0 Å². The van der Waals surface area contributed by atoms with Crippen molar-refractivity contribution in [2.45, 2.75) is 19.4 Å². The lowest BCUT2D eigenvalue weighted by Gasteiger charge is -2.22. The van der Waals surface area contributed by atoms with Gasteiger partial charge in [0.1, 0.15) is 6.04 Å². The van der Waals surface area contributed by atoms with E-state index in [0.29, 0.717) is 5.88 Å². The maximum absolute atomic E-state index is 5.84. The van der Waals surface area contributed by atoms with E-state index in [9.17, 15) is 0 Å². The zero-order valence-corrected chi connectivity index (χ0v) is 12.3. The normalized spacial score (nSPS) is 18.9. The Morgan fingerprint density at radius 3 is 2.75 bits per heavy atom. The molecule has 0 spiro atoms. The summed E-state index contributed by atoms with van der Waals surface area (Å²) < 4.78 is 0. The van der Waals surface area contributed by atoms with Gasteiger partial charge in [0, 0.05) is 17.5 Å². The Balaban J connectivity index is 1.71. The molecule has 2 heterocycles.